The molecule has 4 nitrogen and oxygen atoms in total. The Morgan fingerprint density at radius 3 is 1.88 bits per heavy atom. The molecule has 5 heteroatoms. The summed E-state index contributed by atoms with van der Waals surface area (Å²) in [4.78, 5) is 2.57. The first-order chi connectivity index (χ1) is 15.5. The lowest BCUT2D eigenvalue weighted by molar-refractivity contribution is 0.183. The second kappa shape index (κ2) is 11.8. The molecule has 1 aromatic carbocycles. The van der Waals surface area contributed by atoms with Crippen LogP contribution in [0, 0.1) is 11.8 Å². The largest absolute Gasteiger partial charge is 0.546 e. The zero-order valence-corrected chi connectivity index (χ0v) is 24.0. The van der Waals surface area contributed by atoms with Crippen LogP contribution in [0.3, 0.4) is 0 Å². The fraction of sp³-hybridized carbons (Fsp3) is 0.714. The topological polar surface area (TPSA) is 30.9 Å². The number of rotatable bonds is 12. The fourth-order valence-electron chi connectivity index (χ4n) is 5.95. The summed E-state index contributed by atoms with van der Waals surface area (Å²) in [5.41, 5.74) is 4.36. The standard InChI is InChI=1S/C28H49NO3Si/c1-19(2)14-25(23(9)32-33(20(3)4,21(5)6)22(7)8)17-29-13-12-24-15-27(30-10)28(31-11)16-26(24)18-29/h15-16,19-22,25H,9,12-14,17-18H2,1-8,10-11H3. The zero-order valence-electron chi connectivity index (χ0n) is 23.0. The quantitative estimate of drug-likeness (QED) is 0.232. The van der Waals surface area contributed by atoms with Crippen molar-refractivity contribution in [2.45, 2.75) is 91.4 Å². The minimum atomic E-state index is -2.00. The molecule has 1 aliphatic rings. The number of nitrogens with zero attached hydrogens (tertiary/aromatic N) is 1. The van der Waals surface area contributed by atoms with Gasteiger partial charge in [0.2, 0.25) is 0 Å². The van der Waals surface area contributed by atoms with Crippen LogP contribution in [0.5, 0.6) is 11.5 Å². The minimum Gasteiger partial charge on any atom is -0.546 e. The Labute approximate surface area is 204 Å². The van der Waals surface area contributed by atoms with E-state index in [4.69, 9.17) is 13.9 Å². The highest BCUT2D eigenvalue weighted by Crippen LogP contribution is 2.45. The molecule has 1 atom stereocenters. The predicted octanol–water partition coefficient (Wildman–Crippen LogP) is 7.43. The van der Waals surface area contributed by atoms with Crippen LogP contribution in [0.4, 0.5) is 0 Å². The van der Waals surface area contributed by atoms with Crippen molar-refractivity contribution in [2.24, 2.45) is 11.8 Å². The van der Waals surface area contributed by atoms with Gasteiger partial charge in [-0.1, -0.05) is 62.0 Å². The van der Waals surface area contributed by atoms with Gasteiger partial charge in [-0.15, -0.1) is 0 Å². The maximum absolute atomic E-state index is 7.04. The van der Waals surface area contributed by atoms with E-state index < -0.39 is 8.32 Å². The van der Waals surface area contributed by atoms with Gasteiger partial charge in [0.15, 0.2) is 11.5 Å². The molecule has 0 amide bonds. The normalized spacial score (nSPS) is 15.8. The van der Waals surface area contributed by atoms with Crippen molar-refractivity contribution in [2.75, 3.05) is 27.3 Å². The van der Waals surface area contributed by atoms with E-state index in [1.165, 1.54) is 11.1 Å². The van der Waals surface area contributed by atoms with E-state index >= 15 is 0 Å². The number of hydrogen-bond acceptors (Lipinski definition) is 4. The summed E-state index contributed by atoms with van der Waals surface area (Å²) in [7, 11) is 1.41. The van der Waals surface area contributed by atoms with Crippen molar-refractivity contribution < 1.29 is 13.9 Å². The van der Waals surface area contributed by atoms with E-state index in [-0.39, 0.29) is 0 Å². The molecule has 1 unspecified atom stereocenters. The Morgan fingerprint density at radius 2 is 1.42 bits per heavy atom. The molecule has 2 rings (SSSR count). The Kier molecular flexibility index (Phi) is 9.92. The Balaban J connectivity index is 2.23. The lowest BCUT2D eigenvalue weighted by Crippen LogP contribution is -2.48. The van der Waals surface area contributed by atoms with Crippen LogP contribution < -0.4 is 9.47 Å². The van der Waals surface area contributed by atoms with Crippen molar-refractivity contribution in [1.29, 1.82) is 0 Å². The molecule has 0 saturated heterocycles. The monoisotopic (exact) mass is 475 g/mol. The molecular weight excluding hydrogens is 426 g/mol. The van der Waals surface area contributed by atoms with Gasteiger partial charge < -0.3 is 13.9 Å². The molecule has 188 valence electrons. The van der Waals surface area contributed by atoms with Crippen LogP contribution in [0.2, 0.25) is 16.6 Å². The van der Waals surface area contributed by atoms with Crippen molar-refractivity contribution in [3.63, 3.8) is 0 Å². The molecule has 1 aromatic rings. The molecule has 0 aliphatic carbocycles. The molecule has 0 bridgehead atoms. The maximum Gasteiger partial charge on any atom is 0.258 e. The van der Waals surface area contributed by atoms with E-state index in [0.717, 1.165) is 49.7 Å². The molecule has 1 heterocycles. The second-order valence-electron chi connectivity index (χ2n) is 11.2. The summed E-state index contributed by atoms with van der Waals surface area (Å²) in [6, 6.07) is 4.30. The van der Waals surface area contributed by atoms with Crippen LogP contribution in [-0.4, -0.2) is 40.5 Å². The Hall–Kier alpha value is -1.46. The number of fused-ring (bicyclic) bond motifs is 1. The summed E-state index contributed by atoms with van der Waals surface area (Å²) < 4.78 is 18.1. The summed E-state index contributed by atoms with van der Waals surface area (Å²) in [6.07, 6.45) is 2.13. The van der Waals surface area contributed by atoms with Gasteiger partial charge in [-0.3, -0.25) is 4.90 Å². The molecule has 0 radical (unpaired) electrons. The number of hydrogen-bond donors (Lipinski definition) is 0. The first kappa shape index (κ1) is 27.8. The van der Waals surface area contributed by atoms with Crippen molar-refractivity contribution >= 4 is 8.32 Å². The fourth-order valence-corrected chi connectivity index (χ4v) is 11.3. The Bertz CT molecular complexity index is 766. The highest BCUT2D eigenvalue weighted by Gasteiger charge is 2.47. The van der Waals surface area contributed by atoms with Gasteiger partial charge in [-0.2, -0.15) is 0 Å². The third-order valence-electron chi connectivity index (χ3n) is 7.50. The van der Waals surface area contributed by atoms with Gasteiger partial charge in [0.25, 0.3) is 8.32 Å². The molecular formula is C28H49NO3Si. The van der Waals surface area contributed by atoms with E-state index in [1.807, 2.05) is 0 Å². The van der Waals surface area contributed by atoms with E-state index in [9.17, 15) is 0 Å². The molecule has 0 saturated carbocycles. The zero-order chi connectivity index (χ0) is 24.9. The van der Waals surface area contributed by atoms with Crippen molar-refractivity contribution in [3.8, 4) is 11.5 Å². The van der Waals surface area contributed by atoms with Crippen LogP contribution in [0.1, 0.15) is 72.9 Å². The summed E-state index contributed by atoms with van der Waals surface area (Å²) in [6.45, 7) is 26.2. The van der Waals surface area contributed by atoms with E-state index in [1.54, 1.807) is 14.2 Å². The number of benzene rings is 1. The van der Waals surface area contributed by atoms with Gasteiger partial charge in [0, 0.05) is 25.6 Å². The summed E-state index contributed by atoms with van der Waals surface area (Å²) in [5.74, 6) is 3.59. The number of ether oxygens (including phenoxy) is 2. The average Bonchev–Trinajstić information content (AvgIpc) is 2.74. The molecule has 0 fully saturated rings. The van der Waals surface area contributed by atoms with Gasteiger partial charge in [-0.25, -0.2) is 0 Å². The molecule has 1 aliphatic heterocycles. The Morgan fingerprint density at radius 1 is 0.909 bits per heavy atom. The number of methoxy groups -OCH3 is 2. The SMILES string of the molecule is C=C(O[Si](C(C)C)(C(C)C)C(C)C)C(CC(C)C)CN1CCc2cc(OC)c(OC)cc2C1. The third-order valence-corrected chi connectivity index (χ3v) is 13.5. The molecule has 0 N–H and O–H groups in total. The van der Waals surface area contributed by atoms with Gasteiger partial charge >= 0.3 is 0 Å². The van der Waals surface area contributed by atoms with Crippen LogP contribution in [0.25, 0.3) is 0 Å². The lowest BCUT2D eigenvalue weighted by Gasteiger charge is -2.44. The first-order valence-corrected chi connectivity index (χ1v) is 14.9. The van der Waals surface area contributed by atoms with Crippen LogP contribution in [0.15, 0.2) is 24.5 Å². The van der Waals surface area contributed by atoms with Gasteiger partial charge in [0.05, 0.1) is 20.0 Å². The molecule has 0 aromatic heterocycles. The van der Waals surface area contributed by atoms with E-state index in [0.29, 0.717) is 28.5 Å². The first-order valence-electron chi connectivity index (χ1n) is 12.8. The van der Waals surface area contributed by atoms with Crippen molar-refractivity contribution in [3.05, 3.63) is 35.6 Å². The van der Waals surface area contributed by atoms with Crippen molar-refractivity contribution in [1.82, 2.24) is 4.90 Å². The third kappa shape index (κ3) is 6.36. The van der Waals surface area contributed by atoms with Crippen LogP contribution >= 0.6 is 0 Å². The van der Waals surface area contributed by atoms with Gasteiger partial charge in [0.1, 0.15) is 0 Å². The molecule has 33 heavy (non-hydrogen) atoms. The van der Waals surface area contributed by atoms with Gasteiger partial charge in [-0.05, 0) is 58.6 Å². The highest BCUT2D eigenvalue weighted by atomic mass is 28.4. The molecule has 0 spiro atoms. The smallest absolute Gasteiger partial charge is 0.258 e. The maximum atomic E-state index is 7.04. The average molecular weight is 476 g/mol. The lowest BCUT2D eigenvalue weighted by atomic mass is 9.93. The summed E-state index contributed by atoms with van der Waals surface area (Å²) in [5, 5.41) is 0. The predicted molar refractivity (Wildman–Crippen MR) is 143 cm³/mol. The van der Waals surface area contributed by atoms with Crippen LogP contribution in [-0.2, 0) is 17.4 Å². The van der Waals surface area contributed by atoms with E-state index in [2.05, 4.69) is 79.0 Å². The minimum absolute atomic E-state index is 0.342. The highest BCUT2D eigenvalue weighted by molar-refractivity contribution is 6.77. The summed E-state index contributed by atoms with van der Waals surface area (Å²) >= 11 is 0. The second-order valence-corrected chi connectivity index (χ2v) is 16.5.